The topological polar surface area (TPSA) is 33.1 Å². The molecule has 0 atom stereocenters. The fourth-order valence-corrected chi connectivity index (χ4v) is 2.69. The molecule has 0 aliphatic heterocycles. The Kier molecular flexibility index (Phi) is 2.61. The molecule has 0 fully saturated rings. The second-order valence-electron chi connectivity index (χ2n) is 5.62. The van der Waals surface area contributed by atoms with E-state index < -0.39 is 0 Å². The van der Waals surface area contributed by atoms with E-state index in [0.29, 0.717) is 5.52 Å². The highest BCUT2D eigenvalue weighted by Gasteiger charge is 2.21. The van der Waals surface area contributed by atoms with Gasteiger partial charge in [0.1, 0.15) is 11.3 Å². The van der Waals surface area contributed by atoms with Gasteiger partial charge in [-0.05, 0) is 36.5 Å². The molecule has 0 spiro atoms. The average molecular weight is 229 g/mol. The lowest BCUT2D eigenvalue weighted by Gasteiger charge is -2.24. The predicted octanol–water partition coefficient (Wildman–Crippen LogP) is 3.85. The van der Waals surface area contributed by atoms with Crippen LogP contribution in [-0.4, -0.2) is 10.1 Å². The van der Waals surface area contributed by atoms with Crippen LogP contribution in [0.25, 0.3) is 10.9 Å². The van der Waals surface area contributed by atoms with Gasteiger partial charge in [-0.3, -0.25) is 0 Å². The van der Waals surface area contributed by atoms with Crippen LogP contribution in [-0.2, 0) is 5.41 Å². The molecule has 0 aliphatic carbocycles. The first-order valence-corrected chi connectivity index (χ1v) is 5.91. The largest absolute Gasteiger partial charge is 0.506 e. The molecule has 90 valence electrons. The zero-order valence-electron chi connectivity index (χ0n) is 11.1. The number of aromatic hydroxyl groups is 1. The van der Waals surface area contributed by atoms with Crippen molar-refractivity contribution in [1.29, 1.82) is 0 Å². The normalized spacial score (nSPS) is 12.1. The first kappa shape index (κ1) is 11.9. The minimum Gasteiger partial charge on any atom is -0.506 e. The molecular formula is C15H19NO. The molecule has 1 N–H and O–H groups in total. The van der Waals surface area contributed by atoms with Gasteiger partial charge in [0.2, 0.25) is 0 Å². The van der Waals surface area contributed by atoms with Gasteiger partial charge >= 0.3 is 0 Å². The monoisotopic (exact) mass is 229 g/mol. The SMILES string of the molecule is Cc1nc2c(O)cccc2c(C)c1C(C)(C)C. The number of phenolic OH excluding ortho intramolecular Hbond substituents is 1. The third-order valence-corrected chi connectivity index (χ3v) is 3.19. The predicted molar refractivity (Wildman–Crippen MR) is 71.6 cm³/mol. The summed E-state index contributed by atoms with van der Waals surface area (Å²) in [5.41, 5.74) is 4.27. The Balaban J connectivity index is 2.91. The van der Waals surface area contributed by atoms with Crippen LogP contribution in [0.5, 0.6) is 5.75 Å². The third kappa shape index (κ3) is 1.88. The third-order valence-electron chi connectivity index (χ3n) is 3.19. The number of para-hydroxylation sites is 1. The van der Waals surface area contributed by atoms with Gasteiger partial charge in [-0.2, -0.15) is 0 Å². The smallest absolute Gasteiger partial charge is 0.141 e. The van der Waals surface area contributed by atoms with Crippen molar-refractivity contribution in [3.8, 4) is 5.75 Å². The Hall–Kier alpha value is -1.57. The van der Waals surface area contributed by atoms with Gasteiger partial charge in [0.15, 0.2) is 0 Å². The second kappa shape index (κ2) is 3.73. The molecule has 0 saturated heterocycles. The lowest BCUT2D eigenvalue weighted by atomic mass is 9.82. The van der Waals surface area contributed by atoms with Crippen molar-refractivity contribution >= 4 is 10.9 Å². The van der Waals surface area contributed by atoms with Crippen LogP contribution in [0.1, 0.15) is 37.6 Å². The Morgan fingerprint density at radius 2 is 1.76 bits per heavy atom. The maximum absolute atomic E-state index is 9.85. The van der Waals surface area contributed by atoms with E-state index in [4.69, 9.17) is 0 Å². The van der Waals surface area contributed by atoms with E-state index in [2.05, 4.69) is 32.7 Å². The molecule has 2 aromatic rings. The quantitative estimate of drug-likeness (QED) is 0.744. The summed E-state index contributed by atoms with van der Waals surface area (Å²) in [5, 5.41) is 10.9. The molecule has 0 saturated carbocycles. The lowest BCUT2D eigenvalue weighted by Crippen LogP contribution is -2.16. The summed E-state index contributed by atoms with van der Waals surface area (Å²) in [6, 6.07) is 5.57. The number of aromatic nitrogens is 1. The molecule has 0 aliphatic rings. The average Bonchev–Trinajstić information content (AvgIpc) is 2.17. The lowest BCUT2D eigenvalue weighted by molar-refractivity contribution is 0.480. The van der Waals surface area contributed by atoms with Crippen molar-refractivity contribution in [1.82, 2.24) is 4.98 Å². The van der Waals surface area contributed by atoms with E-state index >= 15 is 0 Å². The number of fused-ring (bicyclic) bond motifs is 1. The minimum atomic E-state index is 0.0703. The number of aryl methyl sites for hydroxylation is 2. The van der Waals surface area contributed by atoms with Crippen LogP contribution < -0.4 is 0 Å². The van der Waals surface area contributed by atoms with Crippen LogP contribution in [0.15, 0.2) is 18.2 Å². The molecular weight excluding hydrogens is 210 g/mol. The number of pyridine rings is 1. The van der Waals surface area contributed by atoms with E-state index in [-0.39, 0.29) is 11.2 Å². The summed E-state index contributed by atoms with van der Waals surface area (Å²) in [4.78, 5) is 4.55. The van der Waals surface area contributed by atoms with Crippen LogP contribution in [0.4, 0.5) is 0 Å². The highest BCUT2D eigenvalue weighted by atomic mass is 16.3. The van der Waals surface area contributed by atoms with Crippen LogP contribution in [0, 0.1) is 13.8 Å². The molecule has 2 heteroatoms. The number of hydrogen-bond donors (Lipinski definition) is 1. The Labute approximate surface area is 102 Å². The molecule has 0 amide bonds. The summed E-state index contributed by atoms with van der Waals surface area (Å²) in [5.74, 6) is 0.258. The molecule has 1 aromatic heterocycles. The summed E-state index contributed by atoms with van der Waals surface area (Å²) in [7, 11) is 0. The van der Waals surface area contributed by atoms with Gasteiger partial charge in [-0.1, -0.05) is 32.9 Å². The molecule has 0 bridgehead atoms. The maximum Gasteiger partial charge on any atom is 0.141 e. The second-order valence-corrected chi connectivity index (χ2v) is 5.62. The van der Waals surface area contributed by atoms with Crippen molar-refractivity contribution in [3.05, 3.63) is 35.0 Å². The Bertz CT molecular complexity index is 579. The molecule has 0 unspecified atom stereocenters. The van der Waals surface area contributed by atoms with Gasteiger partial charge in [0.05, 0.1) is 0 Å². The fraction of sp³-hybridized carbons (Fsp3) is 0.400. The summed E-state index contributed by atoms with van der Waals surface area (Å²) in [6.45, 7) is 10.7. The maximum atomic E-state index is 9.85. The zero-order valence-corrected chi connectivity index (χ0v) is 11.1. The van der Waals surface area contributed by atoms with E-state index in [1.807, 2.05) is 19.1 Å². The first-order valence-electron chi connectivity index (χ1n) is 5.91. The van der Waals surface area contributed by atoms with Crippen molar-refractivity contribution < 1.29 is 5.11 Å². The molecule has 2 nitrogen and oxygen atoms in total. The van der Waals surface area contributed by atoms with Gasteiger partial charge < -0.3 is 5.11 Å². The standard InChI is InChI=1S/C15H19NO/c1-9-11-7-6-8-12(17)14(11)16-10(2)13(9)15(3,4)5/h6-8,17H,1-5H3. The van der Waals surface area contributed by atoms with E-state index in [1.54, 1.807) is 6.07 Å². The number of hydrogen-bond acceptors (Lipinski definition) is 2. The Morgan fingerprint density at radius 3 is 2.35 bits per heavy atom. The number of benzene rings is 1. The molecule has 1 heterocycles. The van der Waals surface area contributed by atoms with Crippen molar-refractivity contribution in [2.24, 2.45) is 0 Å². The van der Waals surface area contributed by atoms with Gasteiger partial charge in [0.25, 0.3) is 0 Å². The zero-order chi connectivity index (χ0) is 12.8. The first-order chi connectivity index (χ1) is 7.82. The van der Waals surface area contributed by atoms with E-state index in [9.17, 15) is 5.11 Å². The number of rotatable bonds is 0. The number of phenols is 1. The van der Waals surface area contributed by atoms with Crippen LogP contribution >= 0.6 is 0 Å². The summed E-state index contributed by atoms with van der Waals surface area (Å²) in [6.07, 6.45) is 0. The van der Waals surface area contributed by atoms with E-state index in [1.165, 1.54) is 11.1 Å². The molecule has 1 aromatic carbocycles. The van der Waals surface area contributed by atoms with Gasteiger partial charge in [-0.15, -0.1) is 0 Å². The Morgan fingerprint density at radius 1 is 1.12 bits per heavy atom. The molecule has 17 heavy (non-hydrogen) atoms. The fourth-order valence-electron chi connectivity index (χ4n) is 2.69. The van der Waals surface area contributed by atoms with Gasteiger partial charge in [0, 0.05) is 11.1 Å². The van der Waals surface area contributed by atoms with Crippen LogP contribution in [0.2, 0.25) is 0 Å². The van der Waals surface area contributed by atoms with E-state index in [0.717, 1.165) is 11.1 Å². The minimum absolute atomic E-state index is 0.0703. The summed E-state index contributed by atoms with van der Waals surface area (Å²) >= 11 is 0. The summed E-state index contributed by atoms with van der Waals surface area (Å²) < 4.78 is 0. The van der Waals surface area contributed by atoms with Crippen molar-refractivity contribution in [2.45, 2.75) is 40.0 Å². The van der Waals surface area contributed by atoms with Crippen molar-refractivity contribution in [2.75, 3.05) is 0 Å². The van der Waals surface area contributed by atoms with Crippen molar-refractivity contribution in [3.63, 3.8) is 0 Å². The highest BCUT2D eigenvalue weighted by Crippen LogP contribution is 2.34. The highest BCUT2D eigenvalue weighted by molar-refractivity contribution is 5.88. The molecule has 0 radical (unpaired) electrons. The molecule has 2 rings (SSSR count). The number of nitrogens with zero attached hydrogens (tertiary/aromatic N) is 1. The van der Waals surface area contributed by atoms with Crippen LogP contribution in [0.3, 0.4) is 0 Å². The van der Waals surface area contributed by atoms with Gasteiger partial charge in [-0.25, -0.2) is 4.98 Å².